The summed E-state index contributed by atoms with van der Waals surface area (Å²) in [6.45, 7) is 6.06. The normalized spacial score (nSPS) is 17.4. The smallest absolute Gasteiger partial charge is 0.227 e. The Hall–Kier alpha value is -5.80. The van der Waals surface area contributed by atoms with Gasteiger partial charge in [-0.25, -0.2) is 9.97 Å². The zero-order valence-electron chi connectivity index (χ0n) is 30.2. The minimum atomic E-state index is -0.0599. The number of nitrogens with one attached hydrogen (secondary N) is 2. The van der Waals surface area contributed by atoms with E-state index in [2.05, 4.69) is 33.9 Å². The fraction of sp³-hybridized carbons (Fsp3) is 0.273. The number of H-pyrrole nitrogens is 2. The molecule has 53 heavy (non-hydrogen) atoms. The number of aromatic amines is 2. The Morgan fingerprint density at radius 2 is 1.40 bits per heavy atom. The summed E-state index contributed by atoms with van der Waals surface area (Å²) >= 11 is 0. The second kappa shape index (κ2) is 15.0. The highest BCUT2D eigenvalue weighted by Crippen LogP contribution is 2.35. The summed E-state index contributed by atoms with van der Waals surface area (Å²) in [5.74, 6) is 3.42. The number of carbonyl (C=O) groups excluding carboxylic acids is 2. The molecule has 1 amide bonds. The Morgan fingerprint density at radius 1 is 0.717 bits per heavy atom. The number of Topliss-reactive ketones (excluding diaryl/α,β-unsaturated/α-hetero) is 1. The van der Waals surface area contributed by atoms with Crippen LogP contribution in [0.1, 0.15) is 76.5 Å². The summed E-state index contributed by atoms with van der Waals surface area (Å²) in [6.07, 6.45) is 7.96. The number of rotatable bonds is 11. The number of hydrogen-bond acceptors (Lipinski definition) is 6. The van der Waals surface area contributed by atoms with Gasteiger partial charge in [-0.2, -0.15) is 0 Å². The molecule has 2 N–H and O–H groups in total. The quantitative estimate of drug-likeness (QED) is 0.131. The zero-order chi connectivity index (χ0) is 36.3. The first kappa shape index (κ1) is 34.3. The van der Waals surface area contributed by atoms with Gasteiger partial charge in [0.25, 0.3) is 0 Å². The van der Waals surface area contributed by atoms with Crippen LogP contribution in [0.4, 0.5) is 0 Å². The maximum absolute atomic E-state index is 13.3. The fourth-order valence-electron chi connectivity index (χ4n) is 7.74. The Kier molecular flexibility index (Phi) is 9.74. The van der Waals surface area contributed by atoms with Crippen LogP contribution in [0, 0.1) is 13.8 Å². The van der Waals surface area contributed by atoms with Crippen LogP contribution in [-0.2, 0) is 11.2 Å². The van der Waals surface area contributed by atoms with Crippen LogP contribution in [0.2, 0.25) is 0 Å². The topological polar surface area (TPSA) is 107 Å². The van der Waals surface area contributed by atoms with Crippen LogP contribution in [0.5, 0.6) is 11.5 Å². The molecule has 9 heteroatoms. The molecule has 2 aliphatic heterocycles. The molecule has 9 nitrogen and oxygen atoms in total. The number of nitrogens with zero attached hydrogens (tertiary/aromatic N) is 4. The van der Waals surface area contributed by atoms with Crippen LogP contribution in [0.25, 0.3) is 22.5 Å². The lowest BCUT2D eigenvalue weighted by molar-refractivity contribution is -0.131. The van der Waals surface area contributed by atoms with E-state index in [9.17, 15) is 9.59 Å². The SMILES string of the molecule is Cc1cccc(CC(=O)N2CCC[C@H]2c2ncc(-c3cccc(Oc4ccc(-c5cnc([C@@H]6CCCN6CC(=O)c6cccc(C)c6)[nH]5)cc4)c3)[nH]2)c1. The van der Waals surface area contributed by atoms with Gasteiger partial charge in [0.15, 0.2) is 5.78 Å². The molecule has 2 saturated heterocycles. The van der Waals surface area contributed by atoms with Crippen LogP contribution in [0.15, 0.2) is 109 Å². The van der Waals surface area contributed by atoms with Gasteiger partial charge in [0.05, 0.1) is 48.8 Å². The van der Waals surface area contributed by atoms with Gasteiger partial charge in [0.2, 0.25) is 5.91 Å². The van der Waals surface area contributed by atoms with E-state index in [0.717, 1.165) is 101 Å². The predicted octanol–water partition coefficient (Wildman–Crippen LogP) is 8.80. The highest BCUT2D eigenvalue weighted by Gasteiger charge is 2.32. The molecule has 6 aromatic rings. The first-order chi connectivity index (χ1) is 25.9. The van der Waals surface area contributed by atoms with Crippen LogP contribution in [0.3, 0.4) is 0 Å². The monoisotopic (exact) mass is 704 g/mol. The molecule has 0 spiro atoms. The maximum atomic E-state index is 13.3. The third kappa shape index (κ3) is 7.71. The molecule has 0 aliphatic carbocycles. The maximum Gasteiger partial charge on any atom is 0.227 e. The first-order valence-corrected chi connectivity index (χ1v) is 18.5. The van der Waals surface area contributed by atoms with E-state index in [0.29, 0.717) is 18.7 Å². The minimum Gasteiger partial charge on any atom is -0.457 e. The molecule has 2 aromatic heterocycles. The van der Waals surface area contributed by atoms with Crippen molar-refractivity contribution in [3.63, 3.8) is 0 Å². The van der Waals surface area contributed by atoms with E-state index >= 15 is 0 Å². The number of imidazole rings is 2. The van der Waals surface area contributed by atoms with Gasteiger partial charge < -0.3 is 19.6 Å². The van der Waals surface area contributed by atoms with Crippen molar-refractivity contribution in [3.05, 3.63) is 143 Å². The van der Waals surface area contributed by atoms with Gasteiger partial charge in [0, 0.05) is 17.7 Å². The molecule has 0 unspecified atom stereocenters. The van der Waals surface area contributed by atoms with Crippen LogP contribution < -0.4 is 4.74 Å². The van der Waals surface area contributed by atoms with E-state index in [1.165, 1.54) is 0 Å². The highest BCUT2D eigenvalue weighted by atomic mass is 16.5. The number of hydrogen-bond donors (Lipinski definition) is 2. The zero-order valence-corrected chi connectivity index (χ0v) is 30.2. The van der Waals surface area contributed by atoms with Gasteiger partial charge in [-0.1, -0.05) is 65.7 Å². The van der Waals surface area contributed by atoms with Gasteiger partial charge in [-0.3, -0.25) is 14.5 Å². The third-order valence-electron chi connectivity index (χ3n) is 10.4. The largest absolute Gasteiger partial charge is 0.457 e. The van der Waals surface area contributed by atoms with Crippen molar-refractivity contribution in [1.82, 2.24) is 29.7 Å². The summed E-state index contributed by atoms with van der Waals surface area (Å²) in [5, 5.41) is 0. The van der Waals surface area contributed by atoms with Gasteiger partial charge in [-0.15, -0.1) is 0 Å². The average Bonchev–Trinajstić information content (AvgIpc) is 3.99. The highest BCUT2D eigenvalue weighted by molar-refractivity contribution is 5.97. The number of aromatic nitrogens is 4. The third-order valence-corrected chi connectivity index (χ3v) is 10.4. The second-order valence-electron chi connectivity index (χ2n) is 14.4. The van der Waals surface area contributed by atoms with Crippen molar-refractivity contribution in [2.45, 2.75) is 58.0 Å². The molecular formula is C44H44N6O3. The number of carbonyl (C=O) groups is 2. The van der Waals surface area contributed by atoms with Crippen molar-refractivity contribution in [1.29, 1.82) is 0 Å². The summed E-state index contributed by atoms with van der Waals surface area (Å²) in [6, 6.07) is 31.9. The minimum absolute atomic E-state index is 0.0599. The lowest BCUT2D eigenvalue weighted by atomic mass is 10.1. The number of aryl methyl sites for hydroxylation is 2. The summed E-state index contributed by atoms with van der Waals surface area (Å²) in [5.41, 5.74) is 7.83. The molecule has 4 heterocycles. The Bertz CT molecular complexity index is 2240. The van der Waals surface area contributed by atoms with Crippen molar-refractivity contribution < 1.29 is 14.3 Å². The first-order valence-electron chi connectivity index (χ1n) is 18.5. The lowest BCUT2D eigenvalue weighted by Gasteiger charge is -2.23. The molecular weight excluding hydrogens is 661 g/mol. The number of ketones is 1. The van der Waals surface area contributed by atoms with Gasteiger partial charge in [-0.05, 0) is 99.7 Å². The van der Waals surface area contributed by atoms with Crippen molar-refractivity contribution in [2.24, 2.45) is 0 Å². The Labute approximate surface area is 310 Å². The summed E-state index contributed by atoms with van der Waals surface area (Å²) in [4.78, 5) is 47.0. The Morgan fingerprint density at radius 3 is 2.17 bits per heavy atom. The number of likely N-dealkylation sites (tertiary alicyclic amines) is 2. The van der Waals surface area contributed by atoms with E-state index < -0.39 is 0 Å². The van der Waals surface area contributed by atoms with Crippen LogP contribution in [-0.4, -0.2) is 61.1 Å². The Balaban J connectivity index is 0.898. The number of ether oxygens (including phenoxy) is 1. The fourth-order valence-corrected chi connectivity index (χ4v) is 7.74. The molecule has 0 saturated carbocycles. The standard InChI is InChI=1S/C44H44N6O3/c1-29-8-3-10-31(22-29)24-42(52)50-21-7-15-40(50)44-46-27-38(48-44)33-11-5-13-36(25-33)53-35-18-16-32(17-19-35)37-26-45-43(47-37)39-14-6-20-49(39)28-41(51)34-12-4-9-30(2)23-34/h3-5,8-13,16-19,22-23,25-27,39-40H,6-7,14-15,20-21,24,28H2,1-2H3,(H,45,47)(H,46,48)/t39-,40-/m0/s1. The molecule has 2 fully saturated rings. The summed E-state index contributed by atoms with van der Waals surface area (Å²) in [7, 11) is 0. The number of amides is 1. The van der Waals surface area contributed by atoms with Crippen molar-refractivity contribution in [3.8, 4) is 34.0 Å². The lowest BCUT2D eigenvalue weighted by Crippen LogP contribution is -2.32. The van der Waals surface area contributed by atoms with E-state index in [1.807, 2.05) is 109 Å². The number of benzene rings is 4. The van der Waals surface area contributed by atoms with Crippen molar-refractivity contribution >= 4 is 11.7 Å². The van der Waals surface area contributed by atoms with E-state index in [1.54, 1.807) is 0 Å². The molecule has 4 aromatic carbocycles. The molecule has 2 atom stereocenters. The molecule has 8 rings (SSSR count). The van der Waals surface area contributed by atoms with Gasteiger partial charge in [0.1, 0.15) is 23.1 Å². The average molecular weight is 705 g/mol. The van der Waals surface area contributed by atoms with E-state index in [-0.39, 0.29) is 23.8 Å². The predicted molar refractivity (Wildman–Crippen MR) is 206 cm³/mol. The molecule has 268 valence electrons. The summed E-state index contributed by atoms with van der Waals surface area (Å²) < 4.78 is 6.28. The second-order valence-corrected chi connectivity index (χ2v) is 14.4. The van der Waals surface area contributed by atoms with Gasteiger partial charge >= 0.3 is 0 Å². The van der Waals surface area contributed by atoms with E-state index in [4.69, 9.17) is 14.7 Å². The van der Waals surface area contributed by atoms with Crippen molar-refractivity contribution in [2.75, 3.05) is 19.6 Å². The molecule has 0 radical (unpaired) electrons. The van der Waals surface area contributed by atoms with Crippen LogP contribution >= 0.6 is 0 Å². The molecule has 0 bridgehead atoms. The molecule has 2 aliphatic rings.